The molecule has 1 aliphatic heterocycles. The number of benzene rings is 3. The summed E-state index contributed by atoms with van der Waals surface area (Å²) in [6.45, 7) is 2.10. The van der Waals surface area contributed by atoms with Crippen LogP contribution in [0.1, 0.15) is 28.2 Å². The molecule has 4 rings (SSSR count). The highest BCUT2D eigenvalue weighted by Gasteiger charge is 2.23. The van der Waals surface area contributed by atoms with Crippen LogP contribution in [0.2, 0.25) is 0 Å². The maximum absolute atomic E-state index is 6.17. The quantitative estimate of drug-likeness (QED) is 0.602. The van der Waals surface area contributed by atoms with Gasteiger partial charge < -0.3 is 4.74 Å². The smallest absolute Gasteiger partial charge is 0.131 e. The van der Waals surface area contributed by atoms with Crippen molar-refractivity contribution in [2.45, 2.75) is 12.8 Å². The van der Waals surface area contributed by atoms with Crippen molar-refractivity contribution in [3.05, 3.63) is 107 Å². The summed E-state index contributed by atoms with van der Waals surface area (Å²) >= 11 is 0. The van der Waals surface area contributed by atoms with Crippen molar-refractivity contribution in [3.8, 4) is 5.75 Å². The Hall–Kier alpha value is -2.80. The molecule has 0 saturated heterocycles. The van der Waals surface area contributed by atoms with Crippen LogP contribution >= 0.6 is 0 Å². The van der Waals surface area contributed by atoms with Crippen molar-refractivity contribution in [3.63, 3.8) is 0 Å². The summed E-state index contributed by atoms with van der Waals surface area (Å²) in [5, 5.41) is 0. The lowest BCUT2D eigenvalue weighted by Gasteiger charge is -2.25. The first-order valence-electron chi connectivity index (χ1n) is 7.92. The lowest BCUT2D eigenvalue weighted by molar-refractivity contribution is 0.492. The minimum absolute atomic E-state index is 0.220. The number of hydrogen-bond donors (Lipinski definition) is 0. The molecule has 23 heavy (non-hydrogen) atoms. The van der Waals surface area contributed by atoms with Crippen LogP contribution < -0.4 is 4.74 Å². The Labute approximate surface area is 136 Å². The number of ether oxygens (including phenoxy) is 1. The fourth-order valence-corrected chi connectivity index (χ4v) is 3.03. The van der Waals surface area contributed by atoms with Gasteiger partial charge in [0, 0.05) is 17.0 Å². The van der Waals surface area contributed by atoms with Crippen molar-refractivity contribution in [1.29, 1.82) is 0 Å². The molecule has 0 fully saturated rings. The molecule has 3 aromatic rings. The van der Waals surface area contributed by atoms with Crippen LogP contribution in [-0.4, -0.2) is 0 Å². The second-order valence-electron chi connectivity index (χ2n) is 5.93. The van der Waals surface area contributed by atoms with Crippen molar-refractivity contribution in [2.75, 3.05) is 0 Å². The molecule has 1 heterocycles. The van der Waals surface area contributed by atoms with E-state index in [0.717, 1.165) is 17.1 Å². The highest BCUT2D eigenvalue weighted by molar-refractivity contribution is 5.68. The van der Waals surface area contributed by atoms with E-state index < -0.39 is 0 Å². The van der Waals surface area contributed by atoms with E-state index in [1.165, 1.54) is 16.7 Å². The third-order valence-electron chi connectivity index (χ3n) is 4.29. The molecule has 1 aliphatic rings. The van der Waals surface area contributed by atoms with Crippen LogP contribution in [0.25, 0.3) is 5.76 Å². The largest absolute Gasteiger partial charge is 0.457 e. The molecule has 1 unspecified atom stereocenters. The van der Waals surface area contributed by atoms with Gasteiger partial charge in [-0.1, -0.05) is 78.4 Å². The first-order chi connectivity index (χ1) is 11.3. The van der Waals surface area contributed by atoms with Gasteiger partial charge in [0.1, 0.15) is 11.5 Å². The van der Waals surface area contributed by atoms with Gasteiger partial charge >= 0.3 is 0 Å². The molecule has 0 amide bonds. The van der Waals surface area contributed by atoms with Crippen LogP contribution in [0.3, 0.4) is 0 Å². The molecule has 0 aromatic heterocycles. The van der Waals surface area contributed by atoms with Crippen LogP contribution in [0.5, 0.6) is 5.75 Å². The topological polar surface area (TPSA) is 9.23 Å². The average molecular weight is 298 g/mol. The van der Waals surface area contributed by atoms with E-state index in [9.17, 15) is 0 Å². The van der Waals surface area contributed by atoms with Gasteiger partial charge in [-0.2, -0.15) is 0 Å². The van der Waals surface area contributed by atoms with Gasteiger partial charge in [0.15, 0.2) is 0 Å². The number of hydrogen-bond acceptors (Lipinski definition) is 1. The van der Waals surface area contributed by atoms with E-state index in [0.29, 0.717) is 0 Å². The zero-order valence-electron chi connectivity index (χ0n) is 13.1. The highest BCUT2D eigenvalue weighted by Crippen LogP contribution is 2.40. The van der Waals surface area contributed by atoms with Crippen LogP contribution in [0.15, 0.2) is 84.9 Å². The molecule has 0 N–H and O–H groups in total. The van der Waals surface area contributed by atoms with Crippen molar-refractivity contribution in [2.24, 2.45) is 0 Å². The summed E-state index contributed by atoms with van der Waals surface area (Å²) in [5.41, 5.74) is 4.87. The van der Waals surface area contributed by atoms with E-state index in [4.69, 9.17) is 4.74 Å². The van der Waals surface area contributed by atoms with Crippen LogP contribution in [0.4, 0.5) is 0 Å². The molecule has 0 radical (unpaired) electrons. The lowest BCUT2D eigenvalue weighted by Crippen LogP contribution is -2.10. The molecule has 1 heteroatoms. The first-order valence-corrected chi connectivity index (χ1v) is 7.92. The standard InChI is InChI=1S/C22H18O/c1-16-11-13-18(14-12-16)22-15-20(17-7-3-2-4-8-17)19-9-5-6-10-21(19)23-22/h2-15,20H,1H3. The third kappa shape index (κ3) is 2.66. The normalized spacial score (nSPS) is 16.2. The lowest BCUT2D eigenvalue weighted by atomic mass is 9.88. The van der Waals surface area contributed by atoms with Gasteiger partial charge in [-0.15, -0.1) is 0 Å². The Morgan fingerprint density at radius 2 is 1.43 bits per heavy atom. The van der Waals surface area contributed by atoms with Gasteiger partial charge in [0.2, 0.25) is 0 Å². The molecule has 0 spiro atoms. The minimum Gasteiger partial charge on any atom is -0.457 e. The van der Waals surface area contributed by atoms with Gasteiger partial charge in [-0.25, -0.2) is 0 Å². The maximum atomic E-state index is 6.17. The summed E-state index contributed by atoms with van der Waals surface area (Å²) in [6, 6.07) is 27.4. The minimum atomic E-state index is 0.220. The molecule has 0 aliphatic carbocycles. The molecule has 1 nitrogen and oxygen atoms in total. The molecule has 0 bridgehead atoms. The van der Waals surface area contributed by atoms with Gasteiger partial charge in [-0.05, 0) is 24.6 Å². The van der Waals surface area contributed by atoms with E-state index in [2.05, 4.69) is 79.7 Å². The van der Waals surface area contributed by atoms with Crippen molar-refractivity contribution in [1.82, 2.24) is 0 Å². The van der Waals surface area contributed by atoms with E-state index in [1.807, 2.05) is 12.1 Å². The van der Waals surface area contributed by atoms with Crippen LogP contribution in [0, 0.1) is 6.92 Å². The summed E-state index contributed by atoms with van der Waals surface area (Å²) in [7, 11) is 0. The predicted molar refractivity (Wildman–Crippen MR) is 94.5 cm³/mol. The Bertz CT molecular complexity index is 845. The summed E-state index contributed by atoms with van der Waals surface area (Å²) < 4.78 is 6.17. The SMILES string of the molecule is Cc1ccc(C2=CC(c3ccccc3)c3ccccc3O2)cc1. The Balaban J connectivity index is 1.83. The Morgan fingerprint density at radius 3 is 2.22 bits per heavy atom. The molecular weight excluding hydrogens is 280 g/mol. The monoisotopic (exact) mass is 298 g/mol. The van der Waals surface area contributed by atoms with Crippen LogP contribution in [-0.2, 0) is 0 Å². The summed E-state index contributed by atoms with van der Waals surface area (Å²) in [5.74, 6) is 2.09. The second kappa shape index (κ2) is 5.77. The predicted octanol–water partition coefficient (Wildman–Crippen LogP) is 5.56. The second-order valence-corrected chi connectivity index (χ2v) is 5.93. The Kier molecular flexibility index (Phi) is 3.47. The summed E-state index contributed by atoms with van der Waals surface area (Å²) in [4.78, 5) is 0. The highest BCUT2D eigenvalue weighted by atomic mass is 16.5. The van der Waals surface area contributed by atoms with E-state index in [-0.39, 0.29) is 5.92 Å². The van der Waals surface area contributed by atoms with Gasteiger partial charge in [0.25, 0.3) is 0 Å². The van der Waals surface area contributed by atoms with E-state index >= 15 is 0 Å². The first kappa shape index (κ1) is 13.8. The average Bonchev–Trinajstić information content (AvgIpc) is 2.62. The van der Waals surface area contributed by atoms with Gasteiger partial charge in [0.05, 0.1) is 0 Å². The third-order valence-corrected chi connectivity index (χ3v) is 4.29. The number of aryl methyl sites for hydroxylation is 1. The van der Waals surface area contributed by atoms with Crippen molar-refractivity contribution < 1.29 is 4.74 Å². The maximum Gasteiger partial charge on any atom is 0.131 e. The molecule has 3 aromatic carbocycles. The van der Waals surface area contributed by atoms with Gasteiger partial charge in [-0.3, -0.25) is 0 Å². The van der Waals surface area contributed by atoms with Crippen molar-refractivity contribution >= 4 is 5.76 Å². The zero-order chi connectivity index (χ0) is 15.6. The number of rotatable bonds is 2. The molecule has 112 valence electrons. The molecular formula is C22H18O. The number of fused-ring (bicyclic) bond motifs is 1. The number of para-hydroxylation sites is 1. The molecule has 1 atom stereocenters. The summed E-state index contributed by atoms with van der Waals surface area (Å²) in [6.07, 6.45) is 2.22. The van der Waals surface area contributed by atoms with E-state index in [1.54, 1.807) is 0 Å². The molecule has 0 saturated carbocycles. The fraction of sp³-hybridized carbons (Fsp3) is 0.0909. The number of allylic oxidation sites excluding steroid dienone is 1. The zero-order valence-corrected chi connectivity index (χ0v) is 13.1. The fourth-order valence-electron chi connectivity index (χ4n) is 3.03. The Morgan fingerprint density at radius 1 is 0.739 bits per heavy atom.